The molecule has 2 aromatic rings. The van der Waals surface area contributed by atoms with E-state index in [1.165, 1.54) is 11.5 Å². The molecule has 2 aromatic heterocycles. The molecule has 1 N–H and O–H groups in total. The summed E-state index contributed by atoms with van der Waals surface area (Å²) in [5.74, 6) is 2.19. The van der Waals surface area contributed by atoms with Gasteiger partial charge < -0.3 is 9.84 Å². The average molecular weight is 239 g/mol. The Morgan fingerprint density at radius 1 is 1.31 bits per heavy atom. The predicted molar refractivity (Wildman–Crippen MR) is 60.5 cm³/mol. The first-order chi connectivity index (χ1) is 7.78. The minimum absolute atomic E-state index is 0.596. The van der Waals surface area contributed by atoms with E-state index in [0.717, 1.165) is 30.3 Å². The van der Waals surface area contributed by atoms with Gasteiger partial charge in [0.05, 0.1) is 0 Å². The first-order valence-electron chi connectivity index (χ1n) is 5.13. The largest absolute Gasteiger partial charge is 0.360 e. The van der Waals surface area contributed by atoms with Gasteiger partial charge in [-0.2, -0.15) is 9.36 Å². The first kappa shape index (κ1) is 11.0. The Morgan fingerprint density at radius 3 is 2.81 bits per heavy atom. The molecule has 7 heteroatoms. The Labute approximate surface area is 97.3 Å². The molecule has 0 atom stereocenters. The number of aromatic nitrogens is 4. The van der Waals surface area contributed by atoms with Crippen molar-refractivity contribution in [1.82, 2.24) is 19.5 Å². The number of anilines is 1. The van der Waals surface area contributed by atoms with Gasteiger partial charge in [-0.1, -0.05) is 12.1 Å². The molecule has 0 saturated carbocycles. The maximum absolute atomic E-state index is 4.87. The summed E-state index contributed by atoms with van der Waals surface area (Å²) in [6.07, 6.45) is 1.58. The Kier molecular flexibility index (Phi) is 3.45. The van der Waals surface area contributed by atoms with Gasteiger partial charge in [-0.25, -0.2) is 4.98 Å². The maximum Gasteiger partial charge on any atom is 0.223 e. The van der Waals surface area contributed by atoms with E-state index >= 15 is 0 Å². The van der Waals surface area contributed by atoms with Gasteiger partial charge >= 0.3 is 0 Å². The highest BCUT2D eigenvalue weighted by molar-refractivity contribution is 7.09. The fourth-order valence-corrected chi connectivity index (χ4v) is 1.87. The van der Waals surface area contributed by atoms with Gasteiger partial charge in [-0.15, -0.1) is 0 Å². The van der Waals surface area contributed by atoms with Crippen molar-refractivity contribution in [3.8, 4) is 0 Å². The minimum atomic E-state index is 0.596. The summed E-state index contributed by atoms with van der Waals surface area (Å²) in [4.78, 5) is 8.41. The van der Waals surface area contributed by atoms with Crippen molar-refractivity contribution in [2.24, 2.45) is 0 Å². The summed E-state index contributed by atoms with van der Waals surface area (Å²) in [5, 5.41) is 7.83. The van der Waals surface area contributed by atoms with Crippen LogP contribution in [0.3, 0.4) is 0 Å². The maximum atomic E-state index is 4.87. The number of hydrogen-bond acceptors (Lipinski definition) is 7. The summed E-state index contributed by atoms with van der Waals surface area (Å²) in [5.41, 5.74) is 0. The second-order valence-corrected chi connectivity index (χ2v) is 4.03. The molecule has 0 spiro atoms. The molecule has 2 heterocycles. The topological polar surface area (TPSA) is 76.7 Å². The average Bonchev–Trinajstić information content (AvgIpc) is 2.88. The number of hydrogen-bond donors (Lipinski definition) is 1. The van der Waals surface area contributed by atoms with Crippen molar-refractivity contribution in [3.05, 3.63) is 17.5 Å². The van der Waals surface area contributed by atoms with Gasteiger partial charge in [0.2, 0.25) is 11.0 Å². The van der Waals surface area contributed by atoms with Crippen molar-refractivity contribution in [1.29, 1.82) is 0 Å². The fourth-order valence-electron chi connectivity index (χ4n) is 1.19. The van der Waals surface area contributed by atoms with Crippen LogP contribution in [0, 0.1) is 6.92 Å². The lowest BCUT2D eigenvalue weighted by atomic mass is 10.4. The minimum Gasteiger partial charge on any atom is -0.360 e. The van der Waals surface area contributed by atoms with Crippen molar-refractivity contribution < 1.29 is 4.52 Å². The highest BCUT2D eigenvalue weighted by atomic mass is 32.1. The molecule has 0 fully saturated rings. The highest BCUT2D eigenvalue weighted by Crippen LogP contribution is 2.10. The molecule has 6 nitrogen and oxygen atoms in total. The molecule has 86 valence electrons. The van der Waals surface area contributed by atoms with Gasteiger partial charge in [0, 0.05) is 37.8 Å². The summed E-state index contributed by atoms with van der Waals surface area (Å²) in [7, 11) is 0. The molecule has 0 unspecified atom stereocenters. The lowest BCUT2D eigenvalue weighted by molar-refractivity contribution is 0.387. The molecule has 2 rings (SSSR count). The molecular formula is C9H13N5OS. The van der Waals surface area contributed by atoms with Crippen LogP contribution in [0.1, 0.15) is 24.5 Å². The van der Waals surface area contributed by atoms with Crippen LogP contribution >= 0.6 is 11.5 Å². The third-order valence-electron chi connectivity index (χ3n) is 1.98. The van der Waals surface area contributed by atoms with Crippen LogP contribution < -0.4 is 5.32 Å². The summed E-state index contributed by atoms with van der Waals surface area (Å²) in [6, 6.07) is 0. The second kappa shape index (κ2) is 5.02. The van der Waals surface area contributed by atoms with E-state index in [1.54, 1.807) is 6.92 Å². The van der Waals surface area contributed by atoms with Crippen molar-refractivity contribution in [3.63, 3.8) is 0 Å². The van der Waals surface area contributed by atoms with E-state index in [2.05, 4.69) is 24.8 Å². The normalized spacial score (nSPS) is 10.6. The predicted octanol–water partition coefficient (Wildman–Crippen LogP) is 1.45. The van der Waals surface area contributed by atoms with E-state index < -0.39 is 0 Å². The zero-order valence-corrected chi connectivity index (χ0v) is 10.0. The highest BCUT2D eigenvalue weighted by Gasteiger charge is 2.04. The van der Waals surface area contributed by atoms with E-state index in [1.807, 2.05) is 6.92 Å². The second-order valence-electron chi connectivity index (χ2n) is 3.28. The summed E-state index contributed by atoms with van der Waals surface area (Å²) >= 11 is 1.38. The zero-order chi connectivity index (χ0) is 11.4. The standard InChI is InChI=1S/C9H13N5OS/c1-3-7-12-9(16-14-7)10-5-4-8-11-6(2)15-13-8/h3-5H2,1-2H3,(H,10,12,14). The molecule has 0 saturated heterocycles. The smallest absolute Gasteiger partial charge is 0.223 e. The van der Waals surface area contributed by atoms with Gasteiger partial charge in [0.1, 0.15) is 5.82 Å². The van der Waals surface area contributed by atoms with Crippen LogP contribution in [0.25, 0.3) is 0 Å². The van der Waals surface area contributed by atoms with Crippen LogP contribution in [0.15, 0.2) is 4.52 Å². The molecule has 0 radical (unpaired) electrons. The van der Waals surface area contributed by atoms with Gasteiger partial charge in [-0.05, 0) is 0 Å². The van der Waals surface area contributed by atoms with Crippen molar-refractivity contribution in [2.45, 2.75) is 26.7 Å². The van der Waals surface area contributed by atoms with E-state index in [-0.39, 0.29) is 0 Å². The van der Waals surface area contributed by atoms with E-state index in [0.29, 0.717) is 11.7 Å². The monoisotopic (exact) mass is 239 g/mol. The number of aryl methyl sites for hydroxylation is 2. The van der Waals surface area contributed by atoms with Crippen molar-refractivity contribution >= 4 is 16.7 Å². The Bertz CT molecular complexity index is 452. The summed E-state index contributed by atoms with van der Waals surface area (Å²) in [6.45, 7) is 4.55. The number of rotatable bonds is 5. The molecule has 16 heavy (non-hydrogen) atoms. The zero-order valence-electron chi connectivity index (χ0n) is 9.23. The molecule has 0 aromatic carbocycles. The van der Waals surface area contributed by atoms with Crippen LogP contribution in [0.5, 0.6) is 0 Å². The lowest BCUT2D eigenvalue weighted by Crippen LogP contribution is -2.05. The van der Waals surface area contributed by atoms with Crippen LogP contribution in [0.2, 0.25) is 0 Å². The SMILES string of the molecule is CCc1nsc(NCCc2noc(C)n2)n1. The Morgan fingerprint density at radius 2 is 2.19 bits per heavy atom. The first-order valence-corrected chi connectivity index (χ1v) is 5.91. The van der Waals surface area contributed by atoms with Crippen LogP contribution in [-0.4, -0.2) is 26.0 Å². The third kappa shape index (κ3) is 2.75. The number of nitrogens with one attached hydrogen (secondary N) is 1. The molecule has 0 bridgehead atoms. The Hall–Kier alpha value is -1.50. The van der Waals surface area contributed by atoms with Gasteiger partial charge in [-0.3, -0.25) is 0 Å². The van der Waals surface area contributed by atoms with Gasteiger partial charge in [0.25, 0.3) is 0 Å². The van der Waals surface area contributed by atoms with E-state index in [4.69, 9.17) is 4.52 Å². The lowest BCUT2D eigenvalue weighted by Gasteiger charge is -1.97. The molecular weight excluding hydrogens is 226 g/mol. The van der Waals surface area contributed by atoms with Crippen LogP contribution in [0.4, 0.5) is 5.13 Å². The molecule has 0 amide bonds. The fraction of sp³-hybridized carbons (Fsp3) is 0.556. The summed E-state index contributed by atoms with van der Waals surface area (Å²) < 4.78 is 9.06. The van der Waals surface area contributed by atoms with Gasteiger partial charge in [0.15, 0.2) is 5.82 Å². The van der Waals surface area contributed by atoms with Crippen molar-refractivity contribution in [2.75, 3.05) is 11.9 Å². The number of nitrogens with zero attached hydrogens (tertiary/aromatic N) is 4. The molecule has 0 aliphatic heterocycles. The third-order valence-corrected chi connectivity index (χ3v) is 2.69. The van der Waals surface area contributed by atoms with E-state index in [9.17, 15) is 0 Å². The quantitative estimate of drug-likeness (QED) is 0.851. The van der Waals surface area contributed by atoms with Crippen LogP contribution in [-0.2, 0) is 12.8 Å². The molecule has 0 aliphatic carbocycles. The Balaban J connectivity index is 1.79. The molecule has 0 aliphatic rings.